The molecule has 0 aliphatic rings. The minimum atomic E-state index is -0.669. The molecule has 21 heavy (non-hydrogen) atoms. The van der Waals surface area contributed by atoms with Gasteiger partial charge in [-0.25, -0.2) is 4.79 Å². The van der Waals surface area contributed by atoms with E-state index in [2.05, 4.69) is 0 Å². The SMILES string of the molecule is C[C@H](N)C(=O)Oc1ccccc1OCc1ccccc1.Cl. The van der Waals surface area contributed by atoms with Crippen molar-refractivity contribution in [2.45, 2.75) is 19.6 Å². The summed E-state index contributed by atoms with van der Waals surface area (Å²) >= 11 is 0. The average molecular weight is 308 g/mol. The van der Waals surface area contributed by atoms with Gasteiger partial charge < -0.3 is 15.2 Å². The monoisotopic (exact) mass is 307 g/mol. The van der Waals surface area contributed by atoms with Gasteiger partial charge in [-0.3, -0.25) is 0 Å². The van der Waals surface area contributed by atoms with Gasteiger partial charge in [0.05, 0.1) is 0 Å². The smallest absolute Gasteiger partial charge is 0.328 e. The highest BCUT2D eigenvalue weighted by Crippen LogP contribution is 2.27. The standard InChI is InChI=1S/C16H17NO3.ClH/c1-12(17)16(18)20-15-10-6-5-9-14(15)19-11-13-7-3-2-4-8-13;/h2-10,12H,11,17H2,1H3;1H/t12-;/m0./s1. The Morgan fingerprint density at radius 3 is 2.24 bits per heavy atom. The van der Waals surface area contributed by atoms with Crippen molar-refractivity contribution < 1.29 is 14.3 Å². The number of para-hydroxylation sites is 2. The summed E-state index contributed by atoms with van der Waals surface area (Å²) in [6.07, 6.45) is 0. The largest absolute Gasteiger partial charge is 0.485 e. The Kier molecular flexibility index (Phi) is 6.72. The number of carbonyl (C=O) groups excluding carboxylic acids is 1. The van der Waals surface area contributed by atoms with Crippen LogP contribution in [0.2, 0.25) is 0 Å². The Bertz CT molecular complexity index is 573. The molecule has 0 aliphatic heterocycles. The fraction of sp³-hybridized carbons (Fsp3) is 0.188. The molecular formula is C16H18ClNO3. The maximum Gasteiger partial charge on any atom is 0.328 e. The highest BCUT2D eigenvalue weighted by atomic mass is 35.5. The number of esters is 1. The molecular weight excluding hydrogens is 290 g/mol. The average Bonchev–Trinajstić information content (AvgIpc) is 2.47. The fourth-order valence-electron chi connectivity index (χ4n) is 1.59. The molecule has 112 valence electrons. The molecule has 0 fully saturated rings. The number of carbonyl (C=O) groups is 1. The van der Waals surface area contributed by atoms with Crippen LogP contribution in [-0.2, 0) is 11.4 Å². The molecule has 2 aromatic carbocycles. The summed E-state index contributed by atoms with van der Waals surface area (Å²) in [5.74, 6) is 0.414. The Hall–Kier alpha value is -2.04. The zero-order valence-corrected chi connectivity index (χ0v) is 12.5. The van der Waals surface area contributed by atoms with Crippen LogP contribution in [0.4, 0.5) is 0 Å². The second kappa shape index (κ2) is 8.29. The summed E-state index contributed by atoms with van der Waals surface area (Å²) in [5.41, 5.74) is 6.53. The molecule has 2 aromatic rings. The quantitative estimate of drug-likeness (QED) is 0.681. The molecule has 0 spiro atoms. The molecule has 0 amide bonds. The normalized spacial score (nSPS) is 11.1. The third-order valence-corrected chi connectivity index (χ3v) is 2.67. The third-order valence-electron chi connectivity index (χ3n) is 2.67. The van der Waals surface area contributed by atoms with Crippen LogP contribution in [0, 0.1) is 0 Å². The first-order valence-electron chi connectivity index (χ1n) is 6.40. The van der Waals surface area contributed by atoms with Crippen LogP contribution < -0.4 is 15.2 Å². The molecule has 0 aliphatic carbocycles. The predicted molar refractivity (Wildman–Crippen MR) is 83.7 cm³/mol. The van der Waals surface area contributed by atoms with Crippen molar-refractivity contribution in [3.05, 3.63) is 60.2 Å². The molecule has 0 saturated heterocycles. The van der Waals surface area contributed by atoms with E-state index in [1.807, 2.05) is 36.4 Å². The molecule has 0 saturated carbocycles. The van der Waals surface area contributed by atoms with Gasteiger partial charge in [-0.05, 0) is 24.6 Å². The van der Waals surface area contributed by atoms with E-state index in [4.69, 9.17) is 15.2 Å². The van der Waals surface area contributed by atoms with E-state index in [1.54, 1.807) is 25.1 Å². The van der Waals surface area contributed by atoms with Gasteiger partial charge in [-0.2, -0.15) is 0 Å². The van der Waals surface area contributed by atoms with Crippen LogP contribution in [0.25, 0.3) is 0 Å². The minimum absolute atomic E-state index is 0. The number of halogens is 1. The Morgan fingerprint density at radius 1 is 1.05 bits per heavy atom. The summed E-state index contributed by atoms with van der Waals surface area (Å²) in [4.78, 5) is 11.5. The third kappa shape index (κ3) is 5.10. The van der Waals surface area contributed by atoms with Gasteiger partial charge in [0.25, 0.3) is 0 Å². The van der Waals surface area contributed by atoms with Crippen LogP contribution >= 0.6 is 12.4 Å². The maximum atomic E-state index is 11.5. The Labute approximate surface area is 130 Å². The maximum absolute atomic E-state index is 11.5. The zero-order chi connectivity index (χ0) is 14.4. The number of hydrogen-bond donors (Lipinski definition) is 1. The van der Waals surface area contributed by atoms with Crippen molar-refractivity contribution in [3.63, 3.8) is 0 Å². The molecule has 2 rings (SSSR count). The van der Waals surface area contributed by atoms with E-state index in [-0.39, 0.29) is 12.4 Å². The Balaban J connectivity index is 0.00000220. The molecule has 1 atom stereocenters. The minimum Gasteiger partial charge on any atom is -0.485 e. The fourth-order valence-corrected chi connectivity index (χ4v) is 1.59. The molecule has 0 radical (unpaired) electrons. The lowest BCUT2D eigenvalue weighted by molar-refractivity contribution is -0.135. The number of benzene rings is 2. The van der Waals surface area contributed by atoms with Gasteiger partial charge in [0.2, 0.25) is 0 Å². The van der Waals surface area contributed by atoms with Crippen LogP contribution in [0.3, 0.4) is 0 Å². The summed E-state index contributed by atoms with van der Waals surface area (Å²) in [6, 6.07) is 16.1. The van der Waals surface area contributed by atoms with Gasteiger partial charge in [-0.1, -0.05) is 42.5 Å². The first-order valence-corrected chi connectivity index (χ1v) is 6.40. The molecule has 0 aromatic heterocycles. The van der Waals surface area contributed by atoms with Gasteiger partial charge in [0, 0.05) is 0 Å². The lowest BCUT2D eigenvalue weighted by Gasteiger charge is -2.12. The zero-order valence-electron chi connectivity index (χ0n) is 11.7. The van der Waals surface area contributed by atoms with Crippen molar-refractivity contribution in [1.29, 1.82) is 0 Å². The summed E-state index contributed by atoms with van der Waals surface area (Å²) in [5, 5.41) is 0. The van der Waals surface area contributed by atoms with Crippen LogP contribution in [0.15, 0.2) is 54.6 Å². The lowest BCUT2D eigenvalue weighted by Crippen LogP contribution is -2.30. The van der Waals surface area contributed by atoms with E-state index >= 15 is 0 Å². The first-order chi connectivity index (χ1) is 9.66. The van der Waals surface area contributed by atoms with Crippen LogP contribution in [0.5, 0.6) is 11.5 Å². The van der Waals surface area contributed by atoms with E-state index in [0.717, 1.165) is 5.56 Å². The van der Waals surface area contributed by atoms with Crippen LogP contribution in [-0.4, -0.2) is 12.0 Å². The molecule has 4 nitrogen and oxygen atoms in total. The predicted octanol–water partition coefficient (Wildman–Crippen LogP) is 2.94. The van der Waals surface area contributed by atoms with Crippen molar-refractivity contribution in [2.24, 2.45) is 5.73 Å². The Morgan fingerprint density at radius 2 is 1.62 bits per heavy atom. The van der Waals surface area contributed by atoms with Crippen molar-refractivity contribution >= 4 is 18.4 Å². The molecule has 2 N–H and O–H groups in total. The van der Waals surface area contributed by atoms with Gasteiger partial charge in [-0.15, -0.1) is 12.4 Å². The van der Waals surface area contributed by atoms with Gasteiger partial charge >= 0.3 is 5.97 Å². The molecule has 0 heterocycles. The second-order valence-electron chi connectivity index (χ2n) is 4.43. The number of nitrogens with two attached hydrogens (primary N) is 1. The first kappa shape index (κ1) is 17.0. The van der Waals surface area contributed by atoms with Gasteiger partial charge in [0.15, 0.2) is 11.5 Å². The van der Waals surface area contributed by atoms with Crippen molar-refractivity contribution in [3.8, 4) is 11.5 Å². The number of ether oxygens (including phenoxy) is 2. The lowest BCUT2D eigenvalue weighted by atomic mass is 10.2. The molecule has 0 bridgehead atoms. The van der Waals surface area contributed by atoms with Crippen molar-refractivity contribution in [1.82, 2.24) is 0 Å². The van der Waals surface area contributed by atoms with E-state index in [9.17, 15) is 4.79 Å². The summed E-state index contributed by atoms with van der Waals surface area (Å²) in [6.45, 7) is 1.99. The molecule has 5 heteroatoms. The van der Waals surface area contributed by atoms with Crippen LogP contribution in [0.1, 0.15) is 12.5 Å². The van der Waals surface area contributed by atoms with E-state index < -0.39 is 12.0 Å². The van der Waals surface area contributed by atoms with E-state index in [0.29, 0.717) is 18.1 Å². The van der Waals surface area contributed by atoms with E-state index in [1.165, 1.54) is 0 Å². The molecule has 0 unspecified atom stereocenters. The van der Waals surface area contributed by atoms with Crippen molar-refractivity contribution in [2.75, 3.05) is 0 Å². The topological polar surface area (TPSA) is 61.6 Å². The second-order valence-corrected chi connectivity index (χ2v) is 4.43. The highest BCUT2D eigenvalue weighted by molar-refractivity contribution is 5.85. The summed E-state index contributed by atoms with van der Waals surface area (Å²) < 4.78 is 10.9. The summed E-state index contributed by atoms with van der Waals surface area (Å²) in [7, 11) is 0. The highest BCUT2D eigenvalue weighted by Gasteiger charge is 2.13. The number of hydrogen-bond acceptors (Lipinski definition) is 4. The number of rotatable bonds is 5. The van der Waals surface area contributed by atoms with Gasteiger partial charge in [0.1, 0.15) is 12.6 Å².